The minimum Gasteiger partial charge on any atom is -0.481 e. The summed E-state index contributed by atoms with van der Waals surface area (Å²) in [6.45, 7) is 6.03. The minimum absolute atomic E-state index is 0.251. The van der Waals surface area contributed by atoms with Gasteiger partial charge in [-0.25, -0.2) is 0 Å². The first kappa shape index (κ1) is 14.3. The molecule has 1 N–H and O–H groups in total. The third-order valence-electron chi connectivity index (χ3n) is 5.80. The molecule has 2 aliphatic rings. The van der Waals surface area contributed by atoms with Crippen molar-refractivity contribution in [3.8, 4) is 0 Å². The average molecular weight is 286 g/mol. The van der Waals surface area contributed by atoms with E-state index in [1.54, 1.807) is 0 Å². The molecule has 0 amide bonds. The monoisotopic (exact) mass is 286 g/mol. The summed E-state index contributed by atoms with van der Waals surface area (Å²) >= 11 is 0. The van der Waals surface area contributed by atoms with Crippen LogP contribution in [0.25, 0.3) is 0 Å². The van der Waals surface area contributed by atoms with Crippen LogP contribution >= 0.6 is 0 Å². The predicted molar refractivity (Wildman–Crippen MR) is 80.4 cm³/mol. The van der Waals surface area contributed by atoms with Crippen molar-refractivity contribution < 1.29 is 14.7 Å². The van der Waals surface area contributed by atoms with Gasteiger partial charge in [0.2, 0.25) is 0 Å². The molecule has 0 saturated heterocycles. The lowest BCUT2D eigenvalue weighted by Crippen LogP contribution is -2.41. The van der Waals surface area contributed by atoms with Crippen molar-refractivity contribution in [2.24, 2.45) is 10.8 Å². The topological polar surface area (TPSA) is 54.4 Å². The molecule has 0 aromatic heterocycles. The van der Waals surface area contributed by atoms with E-state index in [-0.39, 0.29) is 11.3 Å². The first-order valence-corrected chi connectivity index (χ1v) is 7.61. The Morgan fingerprint density at radius 3 is 2.71 bits per heavy atom. The molecule has 21 heavy (non-hydrogen) atoms. The summed E-state index contributed by atoms with van der Waals surface area (Å²) in [5, 5.41) is 9.84. The lowest BCUT2D eigenvalue weighted by atomic mass is 9.56. The van der Waals surface area contributed by atoms with Crippen LogP contribution in [0.1, 0.15) is 61.6 Å². The molecule has 1 fully saturated rings. The Bertz CT molecular complexity index is 621. The maximum atomic E-state index is 12.0. The normalized spacial score (nSPS) is 37.7. The lowest BCUT2D eigenvalue weighted by Gasteiger charge is -2.46. The van der Waals surface area contributed by atoms with Gasteiger partial charge in [0.25, 0.3) is 0 Å². The third-order valence-corrected chi connectivity index (χ3v) is 5.80. The number of aldehydes is 1. The highest BCUT2D eigenvalue weighted by Crippen LogP contribution is 2.65. The van der Waals surface area contributed by atoms with Gasteiger partial charge in [-0.1, -0.05) is 32.0 Å². The maximum absolute atomic E-state index is 12.0. The summed E-state index contributed by atoms with van der Waals surface area (Å²) in [5.41, 5.74) is 2.48. The van der Waals surface area contributed by atoms with Crippen molar-refractivity contribution >= 4 is 12.3 Å². The van der Waals surface area contributed by atoms with E-state index in [0.717, 1.165) is 30.3 Å². The Kier molecular flexibility index (Phi) is 3.01. The SMILES string of the molecule is Cc1cccc2c1[C@H](C(=O)O)[C@]1(C)C[C@@](C)(C=O)CC[C@@H]21. The average Bonchev–Trinajstić information content (AvgIpc) is 2.67. The van der Waals surface area contributed by atoms with Crippen LogP contribution in [0.5, 0.6) is 0 Å². The van der Waals surface area contributed by atoms with E-state index in [0.29, 0.717) is 6.42 Å². The quantitative estimate of drug-likeness (QED) is 0.844. The Morgan fingerprint density at radius 1 is 1.38 bits per heavy atom. The number of fused-ring (bicyclic) bond motifs is 3. The highest BCUT2D eigenvalue weighted by molar-refractivity contribution is 5.81. The molecule has 0 unspecified atom stereocenters. The number of hydrogen-bond acceptors (Lipinski definition) is 2. The van der Waals surface area contributed by atoms with Crippen LogP contribution in [0.4, 0.5) is 0 Å². The first-order valence-electron chi connectivity index (χ1n) is 7.61. The zero-order valence-corrected chi connectivity index (χ0v) is 12.8. The number of rotatable bonds is 2. The van der Waals surface area contributed by atoms with E-state index in [1.807, 2.05) is 26.0 Å². The Hall–Kier alpha value is -1.64. The summed E-state index contributed by atoms with van der Waals surface area (Å²) < 4.78 is 0. The summed E-state index contributed by atoms with van der Waals surface area (Å²) in [6, 6.07) is 6.10. The standard InChI is InChI=1S/C18H22O3/c1-11-5-4-6-12-13-7-8-17(2,10-19)9-18(13,3)15(14(11)12)16(20)21/h4-6,10,13,15H,7-9H2,1-3H3,(H,20,21)/t13-,15+,17-,18+/m0/s1. The molecule has 3 nitrogen and oxygen atoms in total. The molecule has 112 valence electrons. The third kappa shape index (κ3) is 1.86. The molecule has 1 aromatic rings. The molecule has 3 rings (SSSR count). The second kappa shape index (κ2) is 4.43. The van der Waals surface area contributed by atoms with Gasteiger partial charge in [0.15, 0.2) is 0 Å². The smallest absolute Gasteiger partial charge is 0.311 e. The van der Waals surface area contributed by atoms with Crippen LogP contribution in [-0.2, 0) is 9.59 Å². The Morgan fingerprint density at radius 2 is 2.10 bits per heavy atom. The van der Waals surface area contributed by atoms with E-state index < -0.39 is 17.3 Å². The van der Waals surface area contributed by atoms with Crippen LogP contribution in [0.3, 0.4) is 0 Å². The highest BCUT2D eigenvalue weighted by atomic mass is 16.4. The molecule has 2 aliphatic carbocycles. The van der Waals surface area contributed by atoms with E-state index in [9.17, 15) is 14.7 Å². The van der Waals surface area contributed by atoms with Gasteiger partial charge in [-0.3, -0.25) is 4.79 Å². The largest absolute Gasteiger partial charge is 0.481 e. The number of carboxylic acids is 1. The van der Waals surface area contributed by atoms with Crippen molar-refractivity contribution in [3.63, 3.8) is 0 Å². The predicted octanol–water partition coefficient (Wildman–Crippen LogP) is 3.66. The zero-order valence-electron chi connectivity index (χ0n) is 12.8. The molecule has 0 bridgehead atoms. The van der Waals surface area contributed by atoms with Crippen LogP contribution in [0.2, 0.25) is 0 Å². The summed E-state index contributed by atoms with van der Waals surface area (Å²) in [7, 11) is 0. The van der Waals surface area contributed by atoms with E-state index in [2.05, 4.69) is 13.0 Å². The molecule has 1 aromatic carbocycles. The van der Waals surface area contributed by atoms with Gasteiger partial charge in [0.1, 0.15) is 6.29 Å². The van der Waals surface area contributed by atoms with E-state index >= 15 is 0 Å². The van der Waals surface area contributed by atoms with Gasteiger partial charge >= 0.3 is 5.97 Å². The molecule has 0 aliphatic heterocycles. The number of carbonyl (C=O) groups excluding carboxylic acids is 1. The first-order chi connectivity index (χ1) is 9.82. The number of aliphatic carboxylic acids is 1. The van der Waals surface area contributed by atoms with Crippen LogP contribution in [0.15, 0.2) is 18.2 Å². The molecule has 0 spiro atoms. The second-order valence-electron chi connectivity index (χ2n) is 7.39. The van der Waals surface area contributed by atoms with Crippen LogP contribution in [0, 0.1) is 17.8 Å². The fourth-order valence-electron chi connectivity index (χ4n) is 4.94. The van der Waals surface area contributed by atoms with E-state index in [1.165, 1.54) is 5.56 Å². The molecular formula is C18H22O3. The van der Waals surface area contributed by atoms with Gasteiger partial charge < -0.3 is 9.90 Å². The number of benzene rings is 1. The van der Waals surface area contributed by atoms with Gasteiger partial charge in [-0.2, -0.15) is 0 Å². The van der Waals surface area contributed by atoms with Crippen LogP contribution in [-0.4, -0.2) is 17.4 Å². The molecule has 3 heteroatoms. The maximum Gasteiger partial charge on any atom is 0.311 e. The lowest BCUT2D eigenvalue weighted by molar-refractivity contribution is -0.144. The fraction of sp³-hybridized carbons (Fsp3) is 0.556. The Balaban J connectivity index is 2.18. The van der Waals surface area contributed by atoms with Crippen LogP contribution < -0.4 is 0 Å². The fourth-order valence-corrected chi connectivity index (χ4v) is 4.94. The molecule has 0 heterocycles. The van der Waals surface area contributed by atoms with Gasteiger partial charge in [-0.15, -0.1) is 0 Å². The summed E-state index contributed by atoms with van der Waals surface area (Å²) in [4.78, 5) is 23.5. The van der Waals surface area contributed by atoms with Crippen molar-refractivity contribution in [2.75, 3.05) is 0 Å². The second-order valence-corrected chi connectivity index (χ2v) is 7.39. The minimum atomic E-state index is -0.759. The van der Waals surface area contributed by atoms with Crippen molar-refractivity contribution in [1.82, 2.24) is 0 Å². The Labute approximate surface area is 125 Å². The van der Waals surface area contributed by atoms with Crippen molar-refractivity contribution in [2.45, 2.75) is 51.9 Å². The summed E-state index contributed by atoms with van der Waals surface area (Å²) in [6.07, 6.45) is 3.42. The molecular weight excluding hydrogens is 264 g/mol. The zero-order chi connectivity index (χ0) is 15.4. The van der Waals surface area contributed by atoms with Crippen molar-refractivity contribution in [3.05, 3.63) is 34.9 Å². The molecule has 1 saturated carbocycles. The van der Waals surface area contributed by atoms with Gasteiger partial charge in [0, 0.05) is 5.41 Å². The van der Waals surface area contributed by atoms with Gasteiger partial charge in [-0.05, 0) is 54.2 Å². The highest BCUT2D eigenvalue weighted by Gasteiger charge is 2.58. The summed E-state index contributed by atoms with van der Waals surface area (Å²) in [5.74, 6) is -1.01. The number of hydrogen-bond donors (Lipinski definition) is 1. The molecule has 4 atom stereocenters. The number of carbonyl (C=O) groups is 2. The molecule has 0 radical (unpaired) electrons. The number of carboxylic acid groups (broad SMARTS) is 1. The number of aryl methyl sites for hydroxylation is 1. The van der Waals surface area contributed by atoms with E-state index in [4.69, 9.17) is 0 Å². The van der Waals surface area contributed by atoms with Gasteiger partial charge in [0.05, 0.1) is 5.92 Å². The van der Waals surface area contributed by atoms with Crippen molar-refractivity contribution in [1.29, 1.82) is 0 Å².